The maximum Gasteiger partial charge on any atom is 0.266 e. The van der Waals surface area contributed by atoms with Crippen molar-refractivity contribution >= 4 is 17.7 Å². The van der Waals surface area contributed by atoms with Gasteiger partial charge in [-0.3, -0.25) is 9.36 Å². The number of aliphatic hydroxyl groups excluding tert-OH is 1. The molecule has 0 aliphatic heterocycles. The first-order chi connectivity index (χ1) is 17.2. The highest BCUT2D eigenvalue weighted by atomic mass is 19.3. The van der Waals surface area contributed by atoms with Crippen LogP contribution in [0.2, 0.25) is 0 Å². The van der Waals surface area contributed by atoms with E-state index in [2.05, 4.69) is 15.6 Å². The summed E-state index contributed by atoms with van der Waals surface area (Å²) in [5.74, 6) is -5.23. The molecule has 192 valence electrons. The van der Waals surface area contributed by atoms with Crippen LogP contribution in [-0.4, -0.2) is 39.4 Å². The number of aliphatic hydroxyl groups is 1. The largest absolute Gasteiger partial charge is 0.394 e. The van der Waals surface area contributed by atoms with Gasteiger partial charge in [-0.1, -0.05) is 32.0 Å². The van der Waals surface area contributed by atoms with Crippen LogP contribution in [-0.2, 0) is 6.54 Å². The smallest absolute Gasteiger partial charge is 0.266 e. The molecule has 11 heteroatoms. The number of hydrogen-bond donors (Lipinski definition) is 4. The van der Waals surface area contributed by atoms with Gasteiger partial charge in [-0.25, -0.2) is 22.5 Å². The number of rotatable bonds is 9. The molecule has 3 aromatic rings. The number of halogens is 4. The van der Waals surface area contributed by atoms with Crippen molar-refractivity contribution in [1.82, 2.24) is 9.55 Å². The van der Waals surface area contributed by atoms with Crippen molar-refractivity contribution < 1.29 is 22.7 Å². The Morgan fingerprint density at radius 1 is 1.25 bits per heavy atom. The van der Waals surface area contributed by atoms with Crippen molar-refractivity contribution in [3.63, 3.8) is 0 Å². The number of anilines is 2. The lowest BCUT2D eigenvalue weighted by molar-refractivity contribution is 0.0881. The zero-order chi connectivity index (χ0) is 26.5. The Bertz CT molecular complexity index is 1280. The molecule has 2 unspecified atom stereocenters. The molecular weight excluding hydrogens is 478 g/mol. The molecule has 1 aromatic carbocycles. The molecule has 36 heavy (non-hydrogen) atoms. The Morgan fingerprint density at radius 2 is 1.94 bits per heavy atom. The molecule has 0 saturated heterocycles. The molecule has 0 bridgehead atoms. The molecule has 4 rings (SSSR count). The number of pyridine rings is 2. The first-order valence-corrected chi connectivity index (χ1v) is 11.4. The molecule has 2 aromatic heterocycles. The molecule has 0 amide bonds. The lowest BCUT2D eigenvalue weighted by Crippen LogP contribution is -2.29. The minimum absolute atomic E-state index is 0.00297. The number of aromatic nitrogens is 2. The van der Waals surface area contributed by atoms with Gasteiger partial charge in [0.2, 0.25) is 0 Å². The second-order valence-electron chi connectivity index (χ2n) is 7.93. The van der Waals surface area contributed by atoms with Gasteiger partial charge in [-0.2, -0.15) is 0 Å². The van der Waals surface area contributed by atoms with Gasteiger partial charge in [-0.05, 0) is 12.1 Å². The average Bonchev–Trinajstić information content (AvgIpc) is 3.52. The number of nitrogens with zero attached hydrogens (tertiary/aromatic N) is 2. The molecular formula is C25H27F4N5O2. The molecule has 0 spiro atoms. The molecule has 1 aliphatic rings. The maximum absolute atomic E-state index is 14.6. The Hall–Kier alpha value is -3.73. The molecule has 4 N–H and O–H groups in total. The van der Waals surface area contributed by atoms with E-state index in [0.29, 0.717) is 5.56 Å². The molecule has 1 aliphatic carbocycles. The van der Waals surface area contributed by atoms with Gasteiger partial charge in [0, 0.05) is 37.0 Å². The van der Waals surface area contributed by atoms with E-state index in [0.717, 1.165) is 17.0 Å². The van der Waals surface area contributed by atoms with E-state index >= 15 is 0 Å². The predicted octanol–water partition coefficient (Wildman–Crippen LogP) is 4.57. The summed E-state index contributed by atoms with van der Waals surface area (Å²) in [7, 11) is 0. The highest BCUT2D eigenvalue weighted by Crippen LogP contribution is 2.51. The topological polar surface area (TPSA) is 103 Å². The van der Waals surface area contributed by atoms with Crippen molar-refractivity contribution in [2.75, 3.05) is 17.2 Å². The van der Waals surface area contributed by atoms with Crippen LogP contribution in [0.3, 0.4) is 0 Å². The number of alkyl halides is 2. The first kappa shape index (κ1) is 26.9. The van der Waals surface area contributed by atoms with Crippen LogP contribution in [0.1, 0.15) is 31.4 Å². The molecule has 7 nitrogen and oxygen atoms in total. The quantitative estimate of drug-likeness (QED) is 0.252. The fourth-order valence-electron chi connectivity index (χ4n) is 3.69. The van der Waals surface area contributed by atoms with E-state index < -0.39 is 41.7 Å². The lowest BCUT2D eigenvalue weighted by atomic mass is 10.2. The fourth-order valence-corrected chi connectivity index (χ4v) is 3.69. The van der Waals surface area contributed by atoms with Crippen LogP contribution < -0.4 is 16.2 Å². The van der Waals surface area contributed by atoms with Crippen molar-refractivity contribution in [3.05, 3.63) is 81.9 Å². The number of hydrogen-bond acceptors (Lipinski definition) is 6. The zero-order valence-corrected chi connectivity index (χ0v) is 19.7. The van der Waals surface area contributed by atoms with Gasteiger partial charge in [0.05, 0.1) is 41.7 Å². The Morgan fingerprint density at radius 3 is 2.56 bits per heavy atom. The summed E-state index contributed by atoms with van der Waals surface area (Å²) < 4.78 is 56.2. The summed E-state index contributed by atoms with van der Waals surface area (Å²) in [4.78, 5) is 16.8. The highest BCUT2D eigenvalue weighted by Gasteiger charge is 2.60. The van der Waals surface area contributed by atoms with Crippen molar-refractivity contribution in [1.29, 1.82) is 5.41 Å². The third-order valence-corrected chi connectivity index (χ3v) is 5.69. The third-order valence-electron chi connectivity index (χ3n) is 5.69. The van der Waals surface area contributed by atoms with Crippen LogP contribution in [0.15, 0.2) is 53.6 Å². The van der Waals surface area contributed by atoms with Crippen LogP contribution in [0.5, 0.6) is 0 Å². The van der Waals surface area contributed by atoms with Gasteiger partial charge < -0.3 is 21.1 Å². The number of nitrogens with one attached hydrogen (secondary N) is 3. The molecule has 0 radical (unpaired) electrons. The normalized spacial score (nSPS) is 16.4. The average molecular weight is 506 g/mol. The van der Waals surface area contributed by atoms with E-state index in [1.54, 1.807) is 18.2 Å². The van der Waals surface area contributed by atoms with Crippen LogP contribution in [0.25, 0.3) is 5.69 Å². The van der Waals surface area contributed by atoms with E-state index in [1.165, 1.54) is 24.4 Å². The Kier molecular flexibility index (Phi) is 8.46. The van der Waals surface area contributed by atoms with E-state index in [9.17, 15) is 27.5 Å². The highest BCUT2D eigenvalue weighted by molar-refractivity contribution is 5.85. The Labute approximate surface area is 205 Å². The lowest BCUT2D eigenvalue weighted by Gasteiger charge is -2.18. The van der Waals surface area contributed by atoms with Crippen LogP contribution in [0.4, 0.5) is 29.1 Å². The van der Waals surface area contributed by atoms with Crippen molar-refractivity contribution in [2.24, 2.45) is 5.92 Å². The second kappa shape index (κ2) is 11.3. The Balaban J connectivity index is 0.00000176. The summed E-state index contributed by atoms with van der Waals surface area (Å²) >= 11 is 0. The molecule has 2 atom stereocenters. The zero-order valence-electron chi connectivity index (χ0n) is 19.7. The number of benzene rings is 1. The summed E-state index contributed by atoms with van der Waals surface area (Å²) in [5.41, 5.74) is -0.417. The summed E-state index contributed by atoms with van der Waals surface area (Å²) in [6, 6.07) is 7.71. The van der Waals surface area contributed by atoms with Gasteiger partial charge in [0.1, 0.15) is 11.6 Å². The minimum atomic E-state index is -2.88. The van der Waals surface area contributed by atoms with E-state index in [4.69, 9.17) is 5.41 Å². The van der Waals surface area contributed by atoms with E-state index in [-0.39, 0.29) is 35.7 Å². The van der Waals surface area contributed by atoms with Crippen LogP contribution in [0, 0.1) is 23.0 Å². The molecule has 1 fully saturated rings. The fraction of sp³-hybridized carbons (Fsp3) is 0.320. The van der Waals surface area contributed by atoms with Crippen molar-refractivity contribution in [2.45, 2.75) is 38.8 Å². The van der Waals surface area contributed by atoms with Crippen LogP contribution >= 0.6 is 0 Å². The van der Waals surface area contributed by atoms with Gasteiger partial charge in [0.15, 0.2) is 5.82 Å². The monoisotopic (exact) mass is 505 g/mol. The maximum atomic E-state index is 14.6. The predicted molar refractivity (Wildman–Crippen MR) is 130 cm³/mol. The summed E-state index contributed by atoms with van der Waals surface area (Å²) in [6.07, 6.45) is 2.54. The third kappa shape index (κ3) is 5.73. The second-order valence-corrected chi connectivity index (χ2v) is 7.93. The summed E-state index contributed by atoms with van der Waals surface area (Å²) in [5, 5.41) is 22.7. The first-order valence-electron chi connectivity index (χ1n) is 11.4. The molecule has 2 heterocycles. The van der Waals surface area contributed by atoms with Gasteiger partial charge >= 0.3 is 0 Å². The standard InChI is InChI=1S/C23H21F4N5O2.C2H6/c24-16-4-2-1-3-13(16)10-29-18-5-6-32(22(34)14(18)9-28)20-7-21(30-11-17(20)25)31-19(12-33)15-8-23(15,26)27;1-2/h1-7,9,11,15,19,28-29,33H,8,10,12H2,(H,30,31);1-2H3. The minimum Gasteiger partial charge on any atom is -0.394 e. The SMILES string of the molecule is CC.N=Cc1c(NCc2ccccc2F)ccn(-c2cc(NC(CO)C3CC3(F)F)ncc2F)c1=O. The summed E-state index contributed by atoms with van der Waals surface area (Å²) in [6.45, 7) is 3.48. The van der Waals surface area contributed by atoms with E-state index in [1.807, 2.05) is 13.8 Å². The van der Waals surface area contributed by atoms with Crippen molar-refractivity contribution in [3.8, 4) is 5.69 Å². The van der Waals surface area contributed by atoms with Gasteiger partial charge in [-0.15, -0.1) is 0 Å². The van der Waals surface area contributed by atoms with Gasteiger partial charge in [0.25, 0.3) is 11.5 Å². The molecule has 1 saturated carbocycles.